The molecule has 1 aliphatic rings. The zero-order chi connectivity index (χ0) is 16.4. The van der Waals surface area contributed by atoms with Crippen molar-refractivity contribution in [1.82, 2.24) is 0 Å². The Hall–Kier alpha value is -2.41. The van der Waals surface area contributed by atoms with Crippen LogP contribution in [0.1, 0.15) is 12.8 Å². The maximum absolute atomic E-state index is 13.1. The Balaban J connectivity index is 1.79. The van der Waals surface area contributed by atoms with Crippen LogP contribution < -0.4 is 9.08 Å². The predicted octanol–water partition coefficient (Wildman–Crippen LogP) is 2.72. The summed E-state index contributed by atoms with van der Waals surface area (Å²) in [5, 5.41) is 0. The number of benzene rings is 2. The van der Waals surface area contributed by atoms with Crippen molar-refractivity contribution in [2.24, 2.45) is 0 Å². The highest BCUT2D eigenvalue weighted by molar-refractivity contribution is 7.87. The normalized spacial score (nSPS) is 15.0. The molecule has 0 aromatic heterocycles. The average molecular weight is 335 g/mol. The fourth-order valence-corrected chi connectivity index (χ4v) is 3.36. The van der Waals surface area contributed by atoms with Crippen molar-refractivity contribution in [3.63, 3.8) is 0 Å². The van der Waals surface area contributed by atoms with Crippen LogP contribution in [0.5, 0.6) is 5.75 Å². The van der Waals surface area contributed by atoms with E-state index in [4.69, 9.17) is 4.18 Å². The van der Waals surface area contributed by atoms with Crippen LogP contribution in [0, 0.1) is 5.82 Å². The fourth-order valence-electron chi connectivity index (χ4n) is 2.40. The molecule has 0 aliphatic carbocycles. The smallest absolute Gasteiger partial charge is 0.339 e. The molecular weight excluding hydrogens is 321 g/mol. The molecule has 2 aromatic carbocycles. The first kappa shape index (κ1) is 15.5. The van der Waals surface area contributed by atoms with Gasteiger partial charge >= 0.3 is 10.1 Å². The molecule has 1 heterocycles. The Morgan fingerprint density at radius 3 is 2.43 bits per heavy atom. The predicted molar refractivity (Wildman–Crippen MR) is 82.2 cm³/mol. The maximum atomic E-state index is 13.1. The number of carbonyl (C=O) groups excluding carboxylic acids is 1. The van der Waals surface area contributed by atoms with Crippen LogP contribution in [-0.2, 0) is 14.9 Å². The number of amides is 1. The summed E-state index contributed by atoms with van der Waals surface area (Å²) in [4.78, 5) is 13.1. The molecule has 0 unspecified atom stereocenters. The number of halogens is 1. The van der Waals surface area contributed by atoms with E-state index in [1.165, 1.54) is 24.3 Å². The number of hydrogen-bond acceptors (Lipinski definition) is 4. The van der Waals surface area contributed by atoms with E-state index in [1.54, 1.807) is 17.0 Å². The molecule has 7 heteroatoms. The Kier molecular flexibility index (Phi) is 4.04. The lowest BCUT2D eigenvalue weighted by Crippen LogP contribution is -2.23. The minimum absolute atomic E-state index is 0.0473. The first-order valence-corrected chi connectivity index (χ1v) is 8.47. The van der Waals surface area contributed by atoms with Crippen LogP contribution in [0.2, 0.25) is 0 Å². The van der Waals surface area contributed by atoms with Crippen LogP contribution in [0.3, 0.4) is 0 Å². The van der Waals surface area contributed by atoms with Gasteiger partial charge in [0, 0.05) is 18.7 Å². The molecule has 0 N–H and O–H groups in total. The van der Waals surface area contributed by atoms with Gasteiger partial charge in [-0.15, -0.1) is 0 Å². The van der Waals surface area contributed by atoms with Gasteiger partial charge in [0.2, 0.25) is 5.91 Å². The van der Waals surface area contributed by atoms with E-state index < -0.39 is 15.9 Å². The highest BCUT2D eigenvalue weighted by Gasteiger charge is 2.22. The molecule has 0 bridgehead atoms. The first-order valence-electron chi connectivity index (χ1n) is 7.06. The molecule has 23 heavy (non-hydrogen) atoms. The number of rotatable bonds is 4. The first-order chi connectivity index (χ1) is 11.0. The van der Waals surface area contributed by atoms with Crippen LogP contribution in [-0.4, -0.2) is 20.9 Å². The zero-order valence-corrected chi connectivity index (χ0v) is 12.9. The van der Waals surface area contributed by atoms with E-state index in [2.05, 4.69) is 0 Å². The van der Waals surface area contributed by atoms with Crippen molar-refractivity contribution >= 4 is 21.7 Å². The summed E-state index contributed by atoms with van der Waals surface area (Å²) in [5.41, 5.74) is 0.697. The molecule has 0 saturated carbocycles. The van der Waals surface area contributed by atoms with Gasteiger partial charge in [0.15, 0.2) is 0 Å². The molecule has 1 fully saturated rings. The largest absolute Gasteiger partial charge is 0.379 e. The molecular formula is C16H14FNO4S. The molecule has 3 rings (SSSR count). The van der Waals surface area contributed by atoms with Crippen molar-refractivity contribution in [3.05, 3.63) is 54.3 Å². The third-order valence-electron chi connectivity index (χ3n) is 3.51. The van der Waals surface area contributed by atoms with E-state index in [-0.39, 0.29) is 16.6 Å². The quantitative estimate of drug-likeness (QED) is 0.806. The number of carbonyl (C=O) groups is 1. The van der Waals surface area contributed by atoms with Crippen molar-refractivity contribution in [2.75, 3.05) is 11.4 Å². The molecule has 1 saturated heterocycles. The Labute approximate surface area is 133 Å². The summed E-state index contributed by atoms with van der Waals surface area (Å²) >= 11 is 0. The van der Waals surface area contributed by atoms with Gasteiger partial charge in [-0.2, -0.15) is 8.42 Å². The van der Waals surface area contributed by atoms with Gasteiger partial charge in [0.25, 0.3) is 0 Å². The summed E-state index contributed by atoms with van der Waals surface area (Å²) in [7, 11) is -4.10. The highest BCUT2D eigenvalue weighted by Crippen LogP contribution is 2.25. The molecule has 1 aliphatic heterocycles. The van der Waals surface area contributed by atoms with Gasteiger partial charge < -0.3 is 9.08 Å². The molecule has 0 spiro atoms. The van der Waals surface area contributed by atoms with E-state index in [1.807, 2.05) is 0 Å². The van der Waals surface area contributed by atoms with Gasteiger partial charge in [-0.25, -0.2) is 4.39 Å². The zero-order valence-electron chi connectivity index (χ0n) is 12.1. The average Bonchev–Trinajstić information content (AvgIpc) is 2.94. The highest BCUT2D eigenvalue weighted by atomic mass is 32.2. The van der Waals surface area contributed by atoms with Crippen LogP contribution in [0.4, 0.5) is 10.1 Å². The summed E-state index contributed by atoms with van der Waals surface area (Å²) in [6.45, 7) is 0.653. The lowest BCUT2D eigenvalue weighted by molar-refractivity contribution is -0.117. The number of hydrogen-bond donors (Lipinski definition) is 0. The van der Waals surface area contributed by atoms with E-state index >= 15 is 0 Å². The van der Waals surface area contributed by atoms with Gasteiger partial charge in [0.05, 0.1) is 0 Å². The summed E-state index contributed by atoms with van der Waals surface area (Å²) < 4.78 is 42.3. The third kappa shape index (κ3) is 3.34. The van der Waals surface area contributed by atoms with Crippen LogP contribution in [0.15, 0.2) is 53.4 Å². The molecule has 5 nitrogen and oxygen atoms in total. The summed E-state index contributed by atoms with van der Waals surface area (Å²) in [5.74, 6) is -0.506. The van der Waals surface area contributed by atoms with Gasteiger partial charge in [-0.1, -0.05) is 6.07 Å². The lowest BCUT2D eigenvalue weighted by atomic mass is 10.3. The van der Waals surface area contributed by atoms with E-state index in [0.29, 0.717) is 18.7 Å². The Morgan fingerprint density at radius 1 is 1.09 bits per heavy atom. The Bertz CT molecular complexity index is 833. The minimum Gasteiger partial charge on any atom is -0.379 e. The standard InChI is InChI=1S/C16H14FNO4S/c17-12-3-1-4-15(11-12)23(20,21)22-14-8-6-13(7-9-14)18-10-2-5-16(18)19/h1,3-4,6-9,11H,2,5,10H2. The van der Waals surface area contributed by atoms with Crippen LogP contribution >= 0.6 is 0 Å². The van der Waals surface area contributed by atoms with Crippen molar-refractivity contribution in [2.45, 2.75) is 17.7 Å². The van der Waals surface area contributed by atoms with Crippen molar-refractivity contribution < 1.29 is 21.8 Å². The second-order valence-corrected chi connectivity index (χ2v) is 6.68. The molecule has 120 valence electrons. The third-order valence-corrected chi connectivity index (χ3v) is 4.76. The molecule has 0 radical (unpaired) electrons. The second-order valence-electron chi connectivity index (χ2n) is 5.14. The Morgan fingerprint density at radius 2 is 1.83 bits per heavy atom. The van der Waals surface area contributed by atoms with E-state index in [9.17, 15) is 17.6 Å². The minimum atomic E-state index is -4.10. The van der Waals surface area contributed by atoms with Crippen molar-refractivity contribution in [3.8, 4) is 5.75 Å². The topological polar surface area (TPSA) is 63.7 Å². The molecule has 1 amide bonds. The summed E-state index contributed by atoms with van der Waals surface area (Å²) in [6, 6.07) is 10.8. The van der Waals surface area contributed by atoms with Gasteiger partial charge in [-0.05, 0) is 48.9 Å². The summed E-state index contributed by atoms with van der Waals surface area (Å²) in [6.07, 6.45) is 1.33. The fraction of sp³-hybridized carbons (Fsp3) is 0.188. The molecule has 2 aromatic rings. The number of nitrogens with zero attached hydrogens (tertiary/aromatic N) is 1. The molecule has 0 atom stereocenters. The van der Waals surface area contributed by atoms with Gasteiger partial charge in [-0.3, -0.25) is 4.79 Å². The van der Waals surface area contributed by atoms with E-state index in [0.717, 1.165) is 18.6 Å². The second kappa shape index (κ2) is 6.00. The maximum Gasteiger partial charge on any atom is 0.339 e. The number of anilines is 1. The van der Waals surface area contributed by atoms with Crippen molar-refractivity contribution in [1.29, 1.82) is 0 Å². The monoisotopic (exact) mass is 335 g/mol. The van der Waals surface area contributed by atoms with Crippen LogP contribution in [0.25, 0.3) is 0 Å². The lowest BCUT2D eigenvalue weighted by Gasteiger charge is -2.16. The SMILES string of the molecule is O=C1CCCN1c1ccc(OS(=O)(=O)c2cccc(F)c2)cc1. The van der Waals surface area contributed by atoms with Gasteiger partial charge in [0.1, 0.15) is 16.5 Å².